The SMILES string of the molecule is CN(C)CCCn1ccc2c(cnc3nc(-c4ccccc4)nn32)c1=O. The first-order valence-electron chi connectivity index (χ1n) is 8.58. The van der Waals surface area contributed by atoms with Gasteiger partial charge in [0, 0.05) is 24.5 Å². The van der Waals surface area contributed by atoms with Gasteiger partial charge in [0.15, 0.2) is 5.82 Å². The molecule has 0 aliphatic carbocycles. The molecule has 7 nitrogen and oxygen atoms in total. The van der Waals surface area contributed by atoms with E-state index in [4.69, 9.17) is 0 Å². The second kappa shape index (κ2) is 6.68. The first kappa shape index (κ1) is 16.4. The lowest BCUT2D eigenvalue weighted by atomic mass is 10.2. The van der Waals surface area contributed by atoms with Gasteiger partial charge in [-0.1, -0.05) is 30.3 Å². The molecule has 0 atom stereocenters. The lowest BCUT2D eigenvalue weighted by Crippen LogP contribution is -2.23. The summed E-state index contributed by atoms with van der Waals surface area (Å²) in [5, 5.41) is 5.11. The standard InChI is InChI=1S/C19H20N6O/c1-23(2)10-6-11-24-12-9-16-15(18(24)26)13-20-19-21-17(22-25(16)19)14-7-4-3-5-8-14/h3-5,7-9,12-13H,6,10-11H2,1-2H3. The maximum absolute atomic E-state index is 12.8. The molecular formula is C19H20N6O. The number of rotatable bonds is 5. The summed E-state index contributed by atoms with van der Waals surface area (Å²) in [5.41, 5.74) is 1.59. The maximum Gasteiger partial charge on any atom is 0.261 e. The minimum Gasteiger partial charge on any atom is -0.315 e. The van der Waals surface area contributed by atoms with Crippen LogP contribution in [0.1, 0.15) is 6.42 Å². The third-order valence-electron chi connectivity index (χ3n) is 4.34. The predicted octanol–water partition coefficient (Wildman–Crippen LogP) is 2.06. The Labute approximate surface area is 150 Å². The van der Waals surface area contributed by atoms with Crippen molar-refractivity contribution in [3.8, 4) is 11.4 Å². The van der Waals surface area contributed by atoms with Crippen LogP contribution in [0.15, 0.2) is 53.6 Å². The van der Waals surface area contributed by atoms with Crippen molar-refractivity contribution in [2.45, 2.75) is 13.0 Å². The van der Waals surface area contributed by atoms with Crippen molar-refractivity contribution < 1.29 is 0 Å². The Morgan fingerprint density at radius 1 is 1.12 bits per heavy atom. The van der Waals surface area contributed by atoms with Gasteiger partial charge in [-0.05, 0) is 33.1 Å². The molecule has 0 amide bonds. The van der Waals surface area contributed by atoms with Crippen LogP contribution in [0.3, 0.4) is 0 Å². The first-order valence-corrected chi connectivity index (χ1v) is 8.58. The number of nitrogens with zero attached hydrogens (tertiary/aromatic N) is 6. The molecule has 0 saturated carbocycles. The average Bonchev–Trinajstić information content (AvgIpc) is 3.09. The van der Waals surface area contributed by atoms with Gasteiger partial charge in [-0.15, -0.1) is 5.10 Å². The molecule has 0 aliphatic heterocycles. The Morgan fingerprint density at radius 3 is 2.69 bits per heavy atom. The van der Waals surface area contributed by atoms with Crippen LogP contribution in [0.5, 0.6) is 0 Å². The van der Waals surface area contributed by atoms with Crippen LogP contribution < -0.4 is 5.56 Å². The highest BCUT2D eigenvalue weighted by Gasteiger charge is 2.12. The molecule has 26 heavy (non-hydrogen) atoms. The quantitative estimate of drug-likeness (QED) is 0.552. The van der Waals surface area contributed by atoms with Crippen molar-refractivity contribution in [2.75, 3.05) is 20.6 Å². The van der Waals surface area contributed by atoms with Gasteiger partial charge in [0.2, 0.25) is 0 Å². The molecule has 3 aromatic heterocycles. The van der Waals surface area contributed by atoms with E-state index in [1.165, 1.54) is 0 Å². The van der Waals surface area contributed by atoms with E-state index in [0.29, 0.717) is 23.5 Å². The van der Waals surface area contributed by atoms with Gasteiger partial charge in [-0.2, -0.15) is 9.50 Å². The lowest BCUT2D eigenvalue weighted by molar-refractivity contribution is 0.385. The third-order valence-corrected chi connectivity index (χ3v) is 4.34. The summed E-state index contributed by atoms with van der Waals surface area (Å²) >= 11 is 0. The van der Waals surface area contributed by atoms with E-state index in [-0.39, 0.29) is 5.56 Å². The lowest BCUT2D eigenvalue weighted by Gasteiger charge is -2.11. The number of hydrogen-bond donors (Lipinski definition) is 0. The monoisotopic (exact) mass is 348 g/mol. The van der Waals surface area contributed by atoms with E-state index >= 15 is 0 Å². The smallest absolute Gasteiger partial charge is 0.261 e. The molecule has 0 aliphatic rings. The zero-order valence-electron chi connectivity index (χ0n) is 14.8. The minimum atomic E-state index is -0.0487. The van der Waals surface area contributed by atoms with Crippen molar-refractivity contribution >= 4 is 16.7 Å². The summed E-state index contributed by atoms with van der Waals surface area (Å²) in [6, 6.07) is 11.7. The molecule has 0 spiro atoms. The largest absolute Gasteiger partial charge is 0.315 e. The number of fused-ring (bicyclic) bond motifs is 3. The average molecular weight is 348 g/mol. The van der Waals surface area contributed by atoms with Crippen LogP contribution in [0.25, 0.3) is 28.1 Å². The Hall–Kier alpha value is -3.06. The van der Waals surface area contributed by atoms with Crippen molar-refractivity contribution in [3.63, 3.8) is 0 Å². The molecule has 132 valence electrons. The summed E-state index contributed by atoms with van der Waals surface area (Å²) in [4.78, 5) is 23.7. The fourth-order valence-electron chi connectivity index (χ4n) is 3.00. The zero-order chi connectivity index (χ0) is 18.1. The summed E-state index contributed by atoms with van der Waals surface area (Å²) in [6.07, 6.45) is 4.33. The Bertz CT molecular complexity index is 1110. The fourth-order valence-corrected chi connectivity index (χ4v) is 3.00. The highest BCUT2D eigenvalue weighted by atomic mass is 16.1. The van der Waals surface area contributed by atoms with Gasteiger partial charge in [0.05, 0.1) is 10.9 Å². The van der Waals surface area contributed by atoms with Crippen molar-refractivity contribution in [1.82, 2.24) is 29.0 Å². The van der Waals surface area contributed by atoms with E-state index in [1.54, 1.807) is 15.3 Å². The topological polar surface area (TPSA) is 68.3 Å². The molecule has 1 aromatic carbocycles. The highest BCUT2D eigenvalue weighted by molar-refractivity contribution is 5.79. The van der Waals surface area contributed by atoms with Crippen molar-refractivity contribution in [3.05, 3.63) is 59.1 Å². The summed E-state index contributed by atoms with van der Waals surface area (Å²) in [7, 11) is 4.05. The van der Waals surface area contributed by atoms with E-state index in [2.05, 4.69) is 20.0 Å². The molecule has 4 rings (SSSR count). The number of benzene rings is 1. The highest BCUT2D eigenvalue weighted by Crippen LogP contribution is 2.17. The molecule has 3 heterocycles. The fraction of sp³-hybridized carbons (Fsp3) is 0.263. The molecule has 4 aromatic rings. The zero-order valence-corrected chi connectivity index (χ0v) is 14.8. The molecule has 7 heteroatoms. The van der Waals surface area contributed by atoms with Crippen LogP contribution in [0.2, 0.25) is 0 Å². The minimum absolute atomic E-state index is 0.0487. The Balaban J connectivity index is 1.77. The second-order valence-corrected chi connectivity index (χ2v) is 6.54. The van der Waals surface area contributed by atoms with E-state index in [9.17, 15) is 4.79 Å². The number of aryl methyl sites for hydroxylation is 1. The van der Waals surface area contributed by atoms with Crippen LogP contribution >= 0.6 is 0 Å². The van der Waals surface area contributed by atoms with Gasteiger partial charge < -0.3 is 9.47 Å². The van der Waals surface area contributed by atoms with Crippen LogP contribution in [0, 0.1) is 0 Å². The molecule has 0 saturated heterocycles. The van der Waals surface area contributed by atoms with E-state index in [1.807, 2.05) is 56.7 Å². The maximum atomic E-state index is 12.8. The predicted molar refractivity (Wildman–Crippen MR) is 101 cm³/mol. The Morgan fingerprint density at radius 2 is 1.92 bits per heavy atom. The third kappa shape index (κ3) is 2.97. The normalized spacial score (nSPS) is 11.7. The van der Waals surface area contributed by atoms with Crippen molar-refractivity contribution in [1.29, 1.82) is 0 Å². The van der Waals surface area contributed by atoms with Crippen molar-refractivity contribution in [2.24, 2.45) is 0 Å². The van der Waals surface area contributed by atoms with E-state index < -0.39 is 0 Å². The van der Waals surface area contributed by atoms with Crippen LogP contribution in [-0.2, 0) is 6.54 Å². The number of aromatic nitrogens is 5. The number of pyridine rings is 1. The molecular weight excluding hydrogens is 328 g/mol. The van der Waals surface area contributed by atoms with Gasteiger partial charge >= 0.3 is 0 Å². The molecule has 0 N–H and O–H groups in total. The van der Waals surface area contributed by atoms with Crippen LogP contribution in [0.4, 0.5) is 0 Å². The second-order valence-electron chi connectivity index (χ2n) is 6.54. The van der Waals surface area contributed by atoms with Crippen LogP contribution in [-0.4, -0.2) is 49.7 Å². The van der Waals surface area contributed by atoms with Gasteiger partial charge in [-0.3, -0.25) is 4.79 Å². The first-order chi connectivity index (χ1) is 12.6. The van der Waals surface area contributed by atoms with E-state index in [0.717, 1.165) is 24.0 Å². The molecule has 0 unspecified atom stereocenters. The molecule has 0 fully saturated rings. The Kier molecular flexibility index (Phi) is 4.22. The number of hydrogen-bond acceptors (Lipinski definition) is 5. The molecule has 0 radical (unpaired) electrons. The summed E-state index contributed by atoms with van der Waals surface area (Å²) in [6.45, 7) is 1.61. The van der Waals surface area contributed by atoms with Gasteiger partial charge in [0.25, 0.3) is 11.3 Å². The summed E-state index contributed by atoms with van der Waals surface area (Å²) < 4.78 is 3.37. The van der Waals surface area contributed by atoms with Gasteiger partial charge in [-0.25, -0.2) is 4.98 Å². The van der Waals surface area contributed by atoms with Gasteiger partial charge in [0.1, 0.15) is 0 Å². The summed E-state index contributed by atoms with van der Waals surface area (Å²) in [5.74, 6) is 1.09. The molecule has 0 bridgehead atoms.